The maximum absolute atomic E-state index is 13.4. The number of benzene rings is 1. The average Bonchev–Trinajstić information content (AvgIpc) is 2.45. The van der Waals surface area contributed by atoms with Gasteiger partial charge in [-0.05, 0) is 12.1 Å². The third kappa shape index (κ3) is 2.77. The number of H-pyrrole nitrogens is 1. The number of nitrogens with one attached hydrogen (secondary N) is 1. The molecule has 8 heteroatoms. The molecule has 0 saturated heterocycles. The van der Waals surface area contributed by atoms with Crippen LogP contribution in [0.15, 0.2) is 16.9 Å². The number of hydrogen-bond acceptors (Lipinski definition) is 5. The van der Waals surface area contributed by atoms with E-state index in [9.17, 15) is 14.3 Å². The van der Waals surface area contributed by atoms with E-state index in [0.717, 1.165) is 6.07 Å². The largest absolute Gasteiger partial charge is 0.506 e. The summed E-state index contributed by atoms with van der Waals surface area (Å²) in [4.78, 5) is 20.4. The third-order valence-corrected chi connectivity index (χ3v) is 3.96. The molecule has 0 saturated carbocycles. The summed E-state index contributed by atoms with van der Waals surface area (Å²) in [6.07, 6.45) is 0.563. The number of nitrogens with zero attached hydrogens (tertiary/aromatic N) is 2. The summed E-state index contributed by atoms with van der Waals surface area (Å²) in [6, 6.07) is 2.30. The maximum atomic E-state index is 13.4. The summed E-state index contributed by atoms with van der Waals surface area (Å²) < 4.78 is 13.4. The van der Waals surface area contributed by atoms with E-state index in [2.05, 4.69) is 9.97 Å². The van der Waals surface area contributed by atoms with Crippen LogP contribution in [0.1, 0.15) is 16.8 Å². The highest BCUT2D eigenvalue weighted by Crippen LogP contribution is 2.30. The smallest absolute Gasteiger partial charge is 0.257 e. The van der Waals surface area contributed by atoms with Gasteiger partial charge in [-0.25, -0.2) is 9.37 Å². The number of rotatable bonds is 2. The summed E-state index contributed by atoms with van der Waals surface area (Å²) in [7, 11) is 0. The fourth-order valence-electron chi connectivity index (χ4n) is 2.62. The molecule has 2 heterocycles. The highest BCUT2D eigenvalue weighted by molar-refractivity contribution is 6.32. The molecule has 1 aliphatic heterocycles. The summed E-state index contributed by atoms with van der Waals surface area (Å²) in [6.45, 7) is 1.26. The topological polar surface area (TPSA) is 95.2 Å². The Morgan fingerprint density at radius 3 is 3.05 bits per heavy atom. The van der Waals surface area contributed by atoms with Crippen molar-refractivity contribution in [2.75, 3.05) is 12.3 Å². The van der Waals surface area contributed by atoms with Gasteiger partial charge in [0.05, 0.1) is 16.3 Å². The van der Waals surface area contributed by atoms with Crippen LogP contribution >= 0.6 is 11.6 Å². The summed E-state index contributed by atoms with van der Waals surface area (Å²) in [5.74, 6) is -0.549. The number of aromatic hydroxyl groups is 1. The molecule has 1 aromatic heterocycles. The first kappa shape index (κ1) is 14.8. The minimum atomic E-state index is -0.512. The molecule has 0 atom stereocenters. The Bertz CT molecular complexity index is 793. The molecule has 2 aromatic rings. The molecule has 0 amide bonds. The van der Waals surface area contributed by atoms with Crippen LogP contribution < -0.4 is 11.3 Å². The van der Waals surface area contributed by atoms with E-state index in [1.54, 1.807) is 0 Å². The lowest BCUT2D eigenvalue weighted by atomic mass is 10.1. The van der Waals surface area contributed by atoms with Gasteiger partial charge < -0.3 is 10.8 Å². The standard InChI is InChI=1S/C14H14ClFN4O2/c15-10-4-8(16)3-7(12(10)21)5-20-2-1-11-9(6-20)13(22)19-14(17)18-11/h3-4,21H,1-2,5-6H2,(H3,17,18,19,22). The van der Waals surface area contributed by atoms with Crippen LogP contribution in [-0.2, 0) is 19.5 Å². The molecule has 0 radical (unpaired) electrons. The SMILES string of the molecule is Nc1nc2c(c(=O)[nH]1)CN(Cc1cc(F)cc(Cl)c1O)CC2. The van der Waals surface area contributed by atoms with Crippen molar-refractivity contribution in [3.8, 4) is 5.75 Å². The van der Waals surface area contributed by atoms with Gasteiger partial charge in [0.15, 0.2) is 0 Å². The molecule has 3 rings (SSSR count). The van der Waals surface area contributed by atoms with Gasteiger partial charge in [-0.3, -0.25) is 14.7 Å². The monoisotopic (exact) mass is 324 g/mol. The number of anilines is 1. The van der Waals surface area contributed by atoms with E-state index in [4.69, 9.17) is 17.3 Å². The number of phenols is 1. The maximum Gasteiger partial charge on any atom is 0.257 e. The Labute approximate surface area is 130 Å². The molecule has 6 nitrogen and oxygen atoms in total. The molecule has 1 aromatic carbocycles. The molecular weight excluding hydrogens is 311 g/mol. The first-order valence-electron chi connectivity index (χ1n) is 6.71. The van der Waals surface area contributed by atoms with Crippen molar-refractivity contribution >= 4 is 17.5 Å². The lowest BCUT2D eigenvalue weighted by molar-refractivity contribution is 0.238. The van der Waals surface area contributed by atoms with Crippen molar-refractivity contribution in [3.05, 3.63) is 50.1 Å². The van der Waals surface area contributed by atoms with Gasteiger partial charge in [-0.15, -0.1) is 0 Å². The van der Waals surface area contributed by atoms with Crippen LogP contribution in [0.4, 0.5) is 10.3 Å². The molecule has 0 unspecified atom stereocenters. The van der Waals surface area contributed by atoms with E-state index in [1.807, 2.05) is 4.90 Å². The lowest BCUT2D eigenvalue weighted by Crippen LogP contribution is -2.35. The molecule has 0 aliphatic carbocycles. The number of hydrogen-bond donors (Lipinski definition) is 3. The van der Waals surface area contributed by atoms with E-state index in [-0.39, 0.29) is 28.8 Å². The van der Waals surface area contributed by atoms with Crippen molar-refractivity contribution < 1.29 is 9.50 Å². The number of phenolic OH excluding ortho intramolecular Hbond substituents is 1. The Hall–Kier alpha value is -2.12. The zero-order valence-electron chi connectivity index (χ0n) is 11.6. The van der Waals surface area contributed by atoms with Gasteiger partial charge in [0.1, 0.15) is 11.6 Å². The Kier molecular flexibility index (Phi) is 3.76. The molecular formula is C14H14ClFN4O2. The van der Waals surface area contributed by atoms with Gasteiger partial charge in [-0.2, -0.15) is 0 Å². The van der Waals surface area contributed by atoms with E-state index in [0.29, 0.717) is 36.3 Å². The summed E-state index contributed by atoms with van der Waals surface area (Å²) in [5.41, 5.74) is 6.86. The second kappa shape index (κ2) is 5.58. The molecule has 22 heavy (non-hydrogen) atoms. The second-order valence-corrected chi connectivity index (χ2v) is 5.64. The quantitative estimate of drug-likeness (QED) is 0.776. The van der Waals surface area contributed by atoms with Crippen molar-refractivity contribution in [2.45, 2.75) is 19.5 Å². The zero-order chi connectivity index (χ0) is 15.9. The van der Waals surface area contributed by atoms with Crippen LogP contribution in [0.2, 0.25) is 5.02 Å². The molecule has 116 valence electrons. The van der Waals surface area contributed by atoms with E-state index in [1.165, 1.54) is 6.07 Å². The minimum absolute atomic E-state index is 0.0281. The first-order chi connectivity index (χ1) is 10.4. The Morgan fingerprint density at radius 1 is 1.50 bits per heavy atom. The van der Waals surface area contributed by atoms with Gasteiger partial charge >= 0.3 is 0 Å². The summed E-state index contributed by atoms with van der Waals surface area (Å²) in [5, 5.41) is 9.89. The molecule has 1 aliphatic rings. The fraction of sp³-hybridized carbons (Fsp3) is 0.286. The molecule has 4 N–H and O–H groups in total. The van der Waals surface area contributed by atoms with Crippen LogP contribution in [0.25, 0.3) is 0 Å². The fourth-order valence-corrected chi connectivity index (χ4v) is 2.84. The zero-order valence-corrected chi connectivity index (χ0v) is 12.3. The number of fused-ring (bicyclic) bond motifs is 1. The Balaban J connectivity index is 1.86. The van der Waals surface area contributed by atoms with E-state index < -0.39 is 5.82 Å². The molecule has 0 bridgehead atoms. The number of nitrogens with two attached hydrogens (primary N) is 1. The summed E-state index contributed by atoms with van der Waals surface area (Å²) >= 11 is 5.77. The van der Waals surface area contributed by atoms with Crippen LogP contribution in [0.5, 0.6) is 5.75 Å². The van der Waals surface area contributed by atoms with Crippen molar-refractivity contribution in [2.24, 2.45) is 0 Å². The van der Waals surface area contributed by atoms with Gasteiger partial charge in [0, 0.05) is 31.6 Å². The van der Waals surface area contributed by atoms with Crippen molar-refractivity contribution in [1.82, 2.24) is 14.9 Å². The van der Waals surface area contributed by atoms with E-state index >= 15 is 0 Å². The second-order valence-electron chi connectivity index (χ2n) is 5.23. The van der Waals surface area contributed by atoms with Crippen LogP contribution in [-0.4, -0.2) is 26.5 Å². The van der Waals surface area contributed by atoms with Gasteiger partial charge in [0.2, 0.25) is 5.95 Å². The average molecular weight is 325 g/mol. The van der Waals surface area contributed by atoms with Gasteiger partial charge in [-0.1, -0.05) is 11.6 Å². The van der Waals surface area contributed by atoms with Crippen molar-refractivity contribution in [1.29, 1.82) is 0 Å². The number of halogens is 2. The van der Waals surface area contributed by atoms with Crippen LogP contribution in [0, 0.1) is 5.82 Å². The molecule has 0 spiro atoms. The molecule has 0 fully saturated rings. The first-order valence-corrected chi connectivity index (χ1v) is 7.08. The minimum Gasteiger partial charge on any atom is -0.506 e. The highest BCUT2D eigenvalue weighted by Gasteiger charge is 2.22. The van der Waals surface area contributed by atoms with Gasteiger partial charge in [0.25, 0.3) is 5.56 Å². The van der Waals surface area contributed by atoms with Crippen molar-refractivity contribution in [3.63, 3.8) is 0 Å². The van der Waals surface area contributed by atoms with Crippen LogP contribution in [0.3, 0.4) is 0 Å². The normalized spacial score (nSPS) is 14.8. The lowest BCUT2D eigenvalue weighted by Gasteiger charge is -2.27. The predicted octanol–water partition coefficient (Wildman–Crippen LogP) is 1.41. The number of nitrogen functional groups attached to an aromatic ring is 1. The Morgan fingerprint density at radius 2 is 2.27 bits per heavy atom. The predicted molar refractivity (Wildman–Crippen MR) is 80.2 cm³/mol. The number of aromatic nitrogens is 2. The highest BCUT2D eigenvalue weighted by atomic mass is 35.5. The third-order valence-electron chi connectivity index (χ3n) is 3.67. The number of aromatic amines is 1.